The molecule has 0 aliphatic heterocycles. The molecule has 78 valence electrons. The van der Waals surface area contributed by atoms with Crippen LogP contribution in [0.15, 0.2) is 12.3 Å². The average Bonchev–Trinajstić information content (AvgIpc) is 1.95. The van der Waals surface area contributed by atoms with Gasteiger partial charge in [0, 0.05) is 19.3 Å². The summed E-state index contributed by atoms with van der Waals surface area (Å²) < 4.78 is 0. The number of rotatable bonds is 5. The van der Waals surface area contributed by atoms with Crippen molar-refractivity contribution in [2.24, 2.45) is 5.41 Å². The topological polar surface area (TPSA) is 3.24 Å². The normalized spacial score (nSPS) is 11.5. The minimum Gasteiger partial charge on any atom is -0.379 e. The number of unbranched alkanes of at least 4 members (excludes halogenated alkanes) is 1. The third kappa shape index (κ3) is 7.89. The Labute approximate surface area is 83.8 Å². The predicted octanol–water partition coefficient (Wildman–Crippen LogP) is 3.67. The maximum Gasteiger partial charge on any atom is 0.0171 e. The summed E-state index contributed by atoms with van der Waals surface area (Å²) in [4.78, 5) is 2.22. The van der Waals surface area contributed by atoms with Crippen molar-refractivity contribution in [2.75, 3.05) is 13.6 Å². The largest absolute Gasteiger partial charge is 0.379 e. The van der Waals surface area contributed by atoms with Crippen LogP contribution >= 0.6 is 0 Å². The van der Waals surface area contributed by atoms with E-state index in [1.54, 1.807) is 0 Å². The maximum atomic E-state index is 3.91. The highest BCUT2D eigenvalue weighted by Gasteiger charge is 2.09. The molecule has 0 rings (SSSR count). The molecule has 0 spiro atoms. The fourth-order valence-corrected chi connectivity index (χ4v) is 1.20. The maximum absolute atomic E-state index is 3.91. The number of hydrogen-bond donors (Lipinski definition) is 0. The van der Waals surface area contributed by atoms with Crippen LogP contribution in [-0.4, -0.2) is 18.5 Å². The zero-order valence-corrected chi connectivity index (χ0v) is 9.98. The molecule has 0 aliphatic rings. The van der Waals surface area contributed by atoms with Crippen LogP contribution in [0.5, 0.6) is 0 Å². The van der Waals surface area contributed by atoms with Crippen LogP contribution in [0, 0.1) is 5.41 Å². The van der Waals surface area contributed by atoms with Gasteiger partial charge in [-0.3, -0.25) is 0 Å². The molecule has 0 heterocycles. The van der Waals surface area contributed by atoms with Crippen molar-refractivity contribution >= 4 is 0 Å². The molecule has 0 aliphatic carbocycles. The Balaban J connectivity index is 3.41. The predicted molar refractivity (Wildman–Crippen MR) is 60.8 cm³/mol. The summed E-state index contributed by atoms with van der Waals surface area (Å²) >= 11 is 0. The fourth-order valence-electron chi connectivity index (χ4n) is 1.20. The minimum atomic E-state index is 0.488. The second kappa shape index (κ2) is 5.31. The quantitative estimate of drug-likeness (QED) is 0.588. The molecule has 0 saturated carbocycles. The molecule has 0 radical (unpaired) electrons. The Hall–Kier alpha value is -0.460. The summed E-state index contributed by atoms with van der Waals surface area (Å²) in [5.74, 6) is 0. The molecule has 0 aromatic heterocycles. The number of allylic oxidation sites excluding steroid dienone is 1. The lowest BCUT2D eigenvalue weighted by Gasteiger charge is -2.21. The van der Waals surface area contributed by atoms with Crippen molar-refractivity contribution in [3.63, 3.8) is 0 Å². The van der Waals surface area contributed by atoms with Crippen molar-refractivity contribution in [3.8, 4) is 0 Å². The van der Waals surface area contributed by atoms with Gasteiger partial charge >= 0.3 is 0 Å². The van der Waals surface area contributed by atoms with E-state index < -0.39 is 0 Å². The smallest absolute Gasteiger partial charge is 0.0171 e. The van der Waals surface area contributed by atoms with E-state index >= 15 is 0 Å². The van der Waals surface area contributed by atoms with E-state index in [-0.39, 0.29) is 0 Å². The van der Waals surface area contributed by atoms with Gasteiger partial charge in [-0.2, -0.15) is 0 Å². The van der Waals surface area contributed by atoms with Gasteiger partial charge in [0.2, 0.25) is 0 Å². The Morgan fingerprint density at radius 3 is 2.15 bits per heavy atom. The van der Waals surface area contributed by atoms with Gasteiger partial charge in [0.25, 0.3) is 0 Å². The Morgan fingerprint density at radius 1 is 1.23 bits per heavy atom. The van der Waals surface area contributed by atoms with E-state index in [4.69, 9.17) is 0 Å². The van der Waals surface area contributed by atoms with Crippen LogP contribution in [-0.2, 0) is 0 Å². The van der Waals surface area contributed by atoms with Crippen molar-refractivity contribution in [3.05, 3.63) is 12.3 Å². The van der Waals surface area contributed by atoms with Crippen LogP contribution in [0.1, 0.15) is 47.0 Å². The summed E-state index contributed by atoms with van der Waals surface area (Å²) in [6.45, 7) is 14.0. The molecular weight excluding hydrogens is 158 g/mol. The van der Waals surface area contributed by atoms with Gasteiger partial charge in [-0.15, -0.1) is 0 Å². The number of nitrogens with zero attached hydrogens (tertiary/aromatic N) is 1. The standard InChI is InChI=1S/C12H25N/c1-11(2)13(6)10-8-7-9-12(3,4)5/h1,7-10H2,2-6H3. The third-order valence-electron chi connectivity index (χ3n) is 2.32. The van der Waals surface area contributed by atoms with Crippen molar-refractivity contribution in [2.45, 2.75) is 47.0 Å². The summed E-state index contributed by atoms with van der Waals surface area (Å²) in [5, 5.41) is 0. The van der Waals surface area contributed by atoms with Gasteiger partial charge in [-0.25, -0.2) is 0 Å². The van der Waals surface area contributed by atoms with E-state index in [2.05, 4.69) is 46.2 Å². The van der Waals surface area contributed by atoms with Gasteiger partial charge < -0.3 is 4.90 Å². The lowest BCUT2D eigenvalue weighted by molar-refractivity contribution is 0.336. The highest BCUT2D eigenvalue weighted by Crippen LogP contribution is 2.21. The lowest BCUT2D eigenvalue weighted by atomic mass is 9.90. The molecule has 0 unspecified atom stereocenters. The van der Waals surface area contributed by atoms with E-state index in [1.807, 2.05) is 0 Å². The lowest BCUT2D eigenvalue weighted by Crippen LogP contribution is -2.17. The average molecular weight is 183 g/mol. The molecule has 1 heteroatoms. The third-order valence-corrected chi connectivity index (χ3v) is 2.32. The van der Waals surface area contributed by atoms with Crippen molar-refractivity contribution < 1.29 is 0 Å². The number of hydrogen-bond acceptors (Lipinski definition) is 1. The Bertz CT molecular complexity index is 153. The SMILES string of the molecule is C=C(C)N(C)CCCCC(C)(C)C. The molecule has 13 heavy (non-hydrogen) atoms. The first-order chi connectivity index (χ1) is 5.83. The Morgan fingerprint density at radius 2 is 1.77 bits per heavy atom. The molecule has 0 saturated heterocycles. The molecule has 0 fully saturated rings. The van der Waals surface area contributed by atoms with E-state index in [9.17, 15) is 0 Å². The van der Waals surface area contributed by atoms with Crippen LogP contribution in [0.4, 0.5) is 0 Å². The zero-order chi connectivity index (χ0) is 10.5. The Kier molecular flexibility index (Phi) is 5.12. The van der Waals surface area contributed by atoms with E-state index in [1.165, 1.54) is 19.3 Å². The summed E-state index contributed by atoms with van der Waals surface area (Å²) in [7, 11) is 2.11. The van der Waals surface area contributed by atoms with Gasteiger partial charge in [0.1, 0.15) is 0 Å². The van der Waals surface area contributed by atoms with Gasteiger partial charge in [0.05, 0.1) is 0 Å². The molecule has 0 amide bonds. The van der Waals surface area contributed by atoms with E-state index in [0.717, 1.165) is 12.2 Å². The van der Waals surface area contributed by atoms with Crippen LogP contribution in [0.2, 0.25) is 0 Å². The summed E-state index contributed by atoms with van der Waals surface area (Å²) in [5.41, 5.74) is 1.65. The molecular formula is C12H25N. The molecule has 0 N–H and O–H groups in total. The molecule has 0 bridgehead atoms. The fraction of sp³-hybridized carbons (Fsp3) is 0.833. The second-order valence-corrected chi connectivity index (χ2v) is 5.17. The highest BCUT2D eigenvalue weighted by molar-refractivity contribution is 4.85. The highest BCUT2D eigenvalue weighted by atomic mass is 15.1. The second-order valence-electron chi connectivity index (χ2n) is 5.17. The minimum absolute atomic E-state index is 0.488. The first-order valence-electron chi connectivity index (χ1n) is 5.19. The van der Waals surface area contributed by atoms with Crippen molar-refractivity contribution in [1.82, 2.24) is 4.90 Å². The van der Waals surface area contributed by atoms with Crippen molar-refractivity contribution in [1.29, 1.82) is 0 Å². The molecule has 0 atom stereocenters. The summed E-state index contributed by atoms with van der Waals surface area (Å²) in [6.07, 6.45) is 3.92. The van der Waals surface area contributed by atoms with Gasteiger partial charge in [-0.1, -0.05) is 33.8 Å². The van der Waals surface area contributed by atoms with Crippen LogP contribution in [0.3, 0.4) is 0 Å². The van der Waals surface area contributed by atoms with Crippen LogP contribution in [0.25, 0.3) is 0 Å². The molecule has 1 nitrogen and oxygen atoms in total. The first kappa shape index (κ1) is 12.5. The van der Waals surface area contributed by atoms with Gasteiger partial charge in [-0.05, 0) is 25.2 Å². The first-order valence-corrected chi connectivity index (χ1v) is 5.19. The molecule has 0 aromatic rings. The van der Waals surface area contributed by atoms with E-state index in [0.29, 0.717) is 5.41 Å². The summed E-state index contributed by atoms with van der Waals surface area (Å²) in [6, 6.07) is 0. The molecule has 0 aromatic carbocycles. The van der Waals surface area contributed by atoms with Crippen LogP contribution < -0.4 is 0 Å². The zero-order valence-electron chi connectivity index (χ0n) is 9.98. The monoisotopic (exact) mass is 183 g/mol. The van der Waals surface area contributed by atoms with Gasteiger partial charge in [0.15, 0.2) is 0 Å².